The molecule has 0 aliphatic carbocycles. The first-order valence-electron chi connectivity index (χ1n) is 8.68. The Kier molecular flexibility index (Phi) is 5.65. The predicted molar refractivity (Wildman–Crippen MR) is 105 cm³/mol. The average molecular weight is 383 g/mol. The molecule has 0 bridgehead atoms. The standard InChI is InChI=1S/C21H21NO4S/c1-12-8-13(2)20(14(3)9-12)16(23)11-26-19(24)10-18-21(25)22-15-6-4-5-7-17(15)27-18/h4-9,18H,10-11H2,1-3H3,(H,22,25)/t18-/m0/s1. The highest BCUT2D eigenvalue weighted by molar-refractivity contribution is 8.01. The number of amides is 1. The summed E-state index contributed by atoms with van der Waals surface area (Å²) in [5.74, 6) is -1.02. The topological polar surface area (TPSA) is 72.5 Å². The van der Waals surface area contributed by atoms with E-state index in [2.05, 4.69) is 5.32 Å². The molecule has 3 rings (SSSR count). The lowest BCUT2D eigenvalue weighted by molar-refractivity contribution is -0.143. The largest absolute Gasteiger partial charge is 0.457 e. The van der Waals surface area contributed by atoms with Gasteiger partial charge in [-0.15, -0.1) is 11.8 Å². The molecule has 1 aliphatic rings. The van der Waals surface area contributed by atoms with Gasteiger partial charge < -0.3 is 10.1 Å². The fourth-order valence-corrected chi connectivity index (χ4v) is 4.37. The van der Waals surface area contributed by atoms with Crippen molar-refractivity contribution < 1.29 is 19.1 Å². The predicted octanol–water partition coefficient (Wildman–Crippen LogP) is 3.84. The quantitative estimate of drug-likeness (QED) is 0.627. The minimum Gasteiger partial charge on any atom is -0.457 e. The molecule has 0 saturated heterocycles. The number of rotatable bonds is 5. The molecule has 140 valence electrons. The lowest BCUT2D eigenvalue weighted by atomic mass is 9.97. The highest BCUT2D eigenvalue weighted by atomic mass is 32.2. The van der Waals surface area contributed by atoms with Crippen LogP contribution >= 0.6 is 11.8 Å². The molecule has 0 unspecified atom stereocenters. The molecule has 0 spiro atoms. The van der Waals surface area contributed by atoms with E-state index in [1.807, 2.05) is 57.2 Å². The monoisotopic (exact) mass is 383 g/mol. The fraction of sp³-hybridized carbons (Fsp3) is 0.286. The second-order valence-electron chi connectivity index (χ2n) is 6.65. The minimum atomic E-state index is -0.564. The summed E-state index contributed by atoms with van der Waals surface area (Å²) in [4.78, 5) is 37.7. The van der Waals surface area contributed by atoms with Crippen molar-refractivity contribution in [1.82, 2.24) is 0 Å². The van der Waals surface area contributed by atoms with Crippen molar-refractivity contribution in [3.63, 3.8) is 0 Å². The number of nitrogens with one attached hydrogen (secondary N) is 1. The van der Waals surface area contributed by atoms with Gasteiger partial charge in [-0.25, -0.2) is 0 Å². The zero-order valence-electron chi connectivity index (χ0n) is 15.5. The van der Waals surface area contributed by atoms with E-state index >= 15 is 0 Å². The zero-order valence-corrected chi connectivity index (χ0v) is 16.3. The molecule has 0 aromatic heterocycles. The van der Waals surface area contributed by atoms with Crippen LogP contribution in [0.2, 0.25) is 0 Å². The Morgan fingerprint density at radius 3 is 2.48 bits per heavy atom. The summed E-state index contributed by atoms with van der Waals surface area (Å²) in [6.07, 6.45) is -0.0794. The first kappa shape index (κ1) is 19.2. The molecule has 1 atom stereocenters. The number of fused-ring (bicyclic) bond motifs is 1. The third-order valence-corrected chi connectivity index (χ3v) is 5.65. The Labute approximate surface area is 162 Å². The number of esters is 1. The molecule has 0 radical (unpaired) electrons. The van der Waals surface area contributed by atoms with Crippen LogP contribution in [0.15, 0.2) is 41.3 Å². The zero-order chi connectivity index (χ0) is 19.6. The minimum absolute atomic E-state index is 0.0794. The lowest BCUT2D eigenvalue weighted by Gasteiger charge is -2.23. The SMILES string of the molecule is Cc1cc(C)c(C(=O)COC(=O)C[C@@H]2Sc3ccccc3NC2=O)c(C)c1. The van der Waals surface area contributed by atoms with Gasteiger partial charge in [0.05, 0.1) is 17.4 Å². The first-order valence-corrected chi connectivity index (χ1v) is 9.56. The Bertz CT molecular complexity index is 899. The van der Waals surface area contributed by atoms with Gasteiger partial charge in [0.15, 0.2) is 6.61 Å². The van der Waals surface area contributed by atoms with Crippen molar-refractivity contribution in [2.24, 2.45) is 0 Å². The van der Waals surface area contributed by atoms with Crippen molar-refractivity contribution in [1.29, 1.82) is 0 Å². The van der Waals surface area contributed by atoms with E-state index in [0.717, 1.165) is 27.3 Å². The maximum atomic E-state index is 12.5. The summed E-state index contributed by atoms with van der Waals surface area (Å²) in [5, 5.41) is 2.23. The summed E-state index contributed by atoms with van der Waals surface area (Å²) in [7, 11) is 0. The Morgan fingerprint density at radius 1 is 1.11 bits per heavy atom. The van der Waals surface area contributed by atoms with Crippen LogP contribution in [-0.4, -0.2) is 29.5 Å². The van der Waals surface area contributed by atoms with Gasteiger partial charge in [0.2, 0.25) is 11.7 Å². The van der Waals surface area contributed by atoms with E-state index < -0.39 is 11.2 Å². The number of carbonyl (C=O) groups is 3. The second-order valence-corrected chi connectivity index (χ2v) is 7.90. The number of anilines is 1. The molecule has 1 heterocycles. The maximum absolute atomic E-state index is 12.5. The van der Waals surface area contributed by atoms with Gasteiger partial charge in [-0.3, -0.25) is 14.4 Å². The average Bonchev–Trinajstić information content (AvgIpc) is 2.59. The molecule has 0 saturated carbocycles. The van der Waals surface area contributed by atoms with Gasteiger partial charge >= 0.3 is 5.97 Å². The molecule has 1 N–H and O–H groups in total. The Balaban J connectivity index is 1.59. The molecule has 2 aromatic rings. The van der Waals surface area contributed by atoms with Crippen LogP contribution in [0.1, 0.15) is 33.5 Å². The van der Waals surface area contributed by atoms with Gasteiger partial charge in [0.25, 0.3) is 0 Å². The van der Waals surface area contributed by atoms with E-state index in [1.54, 1.807) is 0 Å². The number of aryl methyl sites for hydroxylation is 3. The number of benzene rings is 2. The van der Waals surface area contributed by atoms with E-state index in [0.29, 0.717) is 5.56 Å². The van der Waals surface area contributed by atoms with Crippen LogP contribution in [0.5, 0.6) is 0 Å². The molecule has 5 nitrogen and oxygen atoms in total. The van der Waals surface area contributed by atoms with Crippen LogP contribution < -0.4 is 5.32 Å². The smallest absolute Gasteiger partial charge is 0.307 e. The second kappa shape index (κ2) is 7.96. The molecular weight excluding hydrogens is 362 g/mol. The number of carbonyl (C=O) groups excluding carboxylic acids is 3. The maximum Gasteiger partial charge on any atom is 0.307 e. The van der Waals surface area contributed by atoms with E-state index in [-0.39, 0.29) is 24.7 Å². The van der Waals surface area contributed by atoms with Crippen LogP contribution in [-0.2, 0) is 14.3 Å². The number of thioether (sulfide) groups is 1. The summed E-state index contributed by atoms with van der Waals surface area (Å²) in [6, 6.07) is 11.3. The van der Waals surface area contributed by atoms with E-state index in [9.17, 15) is 14.4 Å². The Hall–Kier alpha value is -2.60. The molecular formula is C21H21NO4S. The van der Waals surface area contributed by atoms with Crippen LogP contribution in [0.25, 0.3) is 0 Å². The van der Waals surface area contributed by atoms with Gasteiger partial charge in [0, 0.05) is 10.5 Å². The molecule has 0 fully saturated rings. The summed E-state index contributed by atoms with van der Waals surface area (Å²) in [5.41, 5.74) is 4.16. The third-order valence-electron chi connectivity index (χ3n) is 4.38. The van der Waals surface area contributed by atoms with Crippen molar-refractivity contribution in [3.05, 3.63) is 58.7 Å². The fourth-order valence-electron chi connectivity index (χ4n) is 3.28. The number of ketones is 1. The van der Waals surface area contributed by atoms with Crippen LogP contribution in [0, 0.1) is 20.8 Å². The molecule has 1 aliphatic heterocycles. The van der Waals surface area contributed by atoms with Gasteiger partial charge in [-0.05, 0) is 44.0 Å². The van der Waals surface area contributed by atoms with Crippen molar-refractivity contribution >= 4 is 35.1 Å². The number of hydrogen-bond donors (Lipinski definition) is 1. The van der Waals surface area contributed by atoms with Crippen molar-refractivity contribution in [3.8, 4) is 0 Å². The normalized spacial score (nSPS) is 15.7. The van der Waals surface area contributed by atoms with Gasteiger partial charge in [-0.1, -0.05) is 29.8 Å². The molecule has 27 heavy (non-hydrogen) atoms. The highest BCUT2D eigenvalue weighted by Crippen LogP contribution is 2.36. The van der Waals surface area contributed by atoms with Gasteiger partial charge in [0.1, 0.15) is 0 Å². The first-order chi connectivity index (χ1) is 12.8. The van der Waals surface area contributed by atoms with Crippen molar-refractivity contribution in [2.75, 3.05) is 11.9 Å². The van der Waals surface area contributed by atoms with E-state index in [1.165, 1.54) is 11.8 Å². The summed E-state index contributed by atoms with van der Waals surface area (Å²) in [6.45, 7) is 5.39. The van der Waals surface area contributed by atoms with Crippen molar-refractivity contribution in [2.45, 2.75) is 37.3 Å². The highest BCUT2D eigenvalue weighted by Gasteiger charge is 2.29. The number of ether oxygens (including phenoxy) is 1. The molecule has 2 aromatic carbocycles. The van der Waals surface area contributed by atoms with Gasteiger partial charge in [-0.2, -0.15) is 0 Å². The number of para-hydroxylation sites is 1. The lowest BCUT2D eigenvalue weighted by Crippen LogP contribution is -2.31. The Morgan fingerprint density at radius 2 is 1.78 bits per heavy atom. The summed E-state index contributed by atoms with van der Waals surface area (Å²) >= 11 is 1.33. The molecule has 6 heteroatoms. The summed E-state index contributed by atoms with van der Waals surface area (Å²) < 4.78 is 5.16. The van der Waals surface area contributed by atoms with Crippen LogP contribution in [0.3, 0.4) is 0 Å². The molecule has 1 amide bonds. The van der Waals surface area contributed by atoms with Crippen LogP contribution in [0.4, 0.5) is 5.69 Å². The van der Waals surface area contributed by atoms with E-state index in [4.69, 9.17) is 4.74 Å². The number of Topliss-reactive ketones (excluding diaryl/α,β-unsaturated/α-hetero) is 1. The number of hydrogen-bond acceptors (Lipinski definition) is 5. The third kappa shape index (κ3) is 4.39.